The molecule has 2 nitrogen and oxygen atoms in total. The summed E-state index contributed by atoms with van der Waals surface area (Å²) in [7, 11) is 0. The summed E-state index contributed by atoms with van der Waals surface area (Å²) >= 11 is 0. The average molecular weight is 191 g/mol. The Morgan fingerprint density at radius 2 is 2.21 bits per heavy atom. The Morgan fingerprint density at radius 3 is 2.86 bits per heavy atom. The van der Waals surface area contributed by atoms with Crippen LogP contribution in [0.15, 0.2) is 42.0 Å². The van der Waals surface area contributed by atoms with Gasteiger partial charge in [-0.25, -0.2) is 0 Å². The van der Waals surface area contributed by atoms with Crippen LogP contribution < -0.4 is 0 Å². The van der Waals surface area contributed by atoms with Crippen molar-refractivity contribution in [3.8, 4) is 0 Å². The number of benzene rings is 1. The quantitative estimate of drug-likeness (QED) is 0.405. The first-order valence-corrected chi connectivity index (χ1v) is 4.49. The van der Waals surface area contributed by atoms with Crippen LogP contribution in [-0.2, 0) is 16.1 Å². The zero-order valence-corrected chi connectivity index (χ0v) is 8.19. The molecule has 0 unspecified atom stereocenters. The van der Waals surface area contributed by atoms with E-state index in [0.29, 0.717) is 18.8 Å². The largest absolute Gasteiger partial charge is 0.373 e. The van der Waals surface area contributed by atoms with Crippen LogP contribution in [0.2, 0.25) is 0 Å². The summed E-state index contributed by atoms with van der Waals surface area (Å²) in [6.45, 7) is 2.50. The SMILES string of the molecule is [2H]C(=O)/C(C)=C/COCc1ccccc1. The van der Waals surface area contributed by atoms with Gasteiger partial charge in [-0.1, -0.05) is 36.4 Å². The number of carbonyl (C=O) groups is 1. The Labute approximate surface area is 85.6 Å². The first kappa shape index (κ1) is 9.16. The lowest BCUT2D eigenvalue weighted by Crippen LogP contribution is -1.93. The number of hydrogen-bond acceptors (Lipinski definition) is 2. The van der Waals surface area contributed by atoms with Gasteiger partial charge in [-0.2, -0.15) is 0 Å². The molecule has 0 aromatic heterocycles. The molecule has 0 radical (unpaired) electrons. The molecule has 0 aliphatic rings. The van der Waals surface area contributed by atoms with E-state index in [1.54, 1.807) is 13.0 Å². The van der Waals surface area contributed by atoms with Gasteiger partial charge in [0.15, 0.2) is 0 Å². The second kappa shape index (κ2) is 6.11. The van der Waals surface area contributed by atoms with E-state index in [4.69, 9.17) is 6.11 Å². The summed E-state index contributed by atoms with van der Waals surface area (Å²) in [5.74, 6) is 0. The van der Waals surface area contributed by atoms with Crippen molar-refractivity contribution in [2.24, 2.45) is 0 Å². The van der Waals surface area contributed by atoms with Crippen molar-refractivity contribution in [1.82, 2.24) is 0 Å². The molecular weight excluding hydrogens is 176 g/mol. The minimum absolute atomic E-state index is 0.366. The molecule has 0 fully saturated rings. The van der Waals surface area contributed by atoms with Crippen LogP contribution in [0.1, 0.15) is 13.9 Å². The van der Waals surface area contributed by atoms with Crippen LogP contribution in [0.3, 0.4) is 0 Å². The van der Waals surface area contributed by atoms with E-state index in [1.807, 2.05) is 30.3 Å². The van der Waals surface area contributed by atoms with Gasteiger partial charge in [-0.3, -0.25) is 4.79 Å². The van der Waals surface area contributed by atoms with Crippen LogP contribution in [0.5, 0.6) is 0 Å². The molecule has 1 aromatic carbocycles. The molecule has 0 heterocycles. The maximum atomic E-state index is 10.6. The van der Waals surface area contributed by atoms with Gasteiger partial charge in [0, 0.05) is 0 Å². The number of rotatable bonds is 5. The standard InChI is InChI=1S/C12H14O2/c1-11(9-13)7-8-14-10-12-5-3-2-4-6-12/h2-7,9H,8,10H2,1H3/b11-7+/i9D. The molecule has 0 aliphatic heterocycles. The minimum atomic E-state index is -0.654. The van der Waals surface area contributed by atoms with Crippen molar-refractivity contribution in [2.45, 2.75) is 13.5 Å². The van der Waals surface area contributed by atoms with Crippen molar-refractivity contribution in [3.63, 3.8) is 0 Å². The van der Waals surface area contributed by atoms with Crippen molar-refractivity contribution in [1.29, 1.82) is 0 Å². The van der Waals surface area contributed by atoms with E-state index in [2.05, 4.69) is 0 Å². The summed E-state index contributed by atoms with van der Waals surface area (Å²) in [5, 5.41) is 0. The van der Waals surface area contributed by atoms with Crippen LogP contribution in [0.4, 0.5) is 0 Å². The zero-order valence-electron chi connectivity index (χ0n) is 9.19. The lowest BCUT2D eigenvalue weighted by molar-refractivity contribution is -0.104. The first-order chi connectivity index (χ1) is 7.20. The molecule has 1 aromatic rings. The van der Waals surface area contributed by atoms with E-state index < -0.39 is 6.26 Å². The number of hydrogen-bond donors (Lipinski definition) is 0. The molecule has 0 aliphatic carbocycles. The van der Waals surface area contributed by atoms with Crippen LogP contribution >= 0.6 is 0 Å². The normalized spacial score (nSPS) is 12.4. The predicted octanol–water partition coefficient (Wildman–Crippen LogP) is 2.35. The van der Waals surface area contributed by atoms with Crippen LogP contribution in [-0.4, -0.2) is 12.9 Å². The maximum Gasteiger partial charge on any atom is 0.145 e. The molecule has 0 saturated heterocycles. The summed E-state index contributed by atoms with van der Waals surface area (Å²) in [4.78, 5) is 10.6. The molecule has 2 heteroatoms. The molecule has 0 spiro atoms. The summed E-state index contributed by atoms with van der Waals surface area (Å²) in [5.41, 5.74) is 1.52. The molecule has 0 bridgehead atoms. The molecule has 0 saturated carbocycles. The number of ether oxygens (including phenoxy) is 1. The average Bonchev–Trinajstić information content (AvgIpc) is 2.25. The Kier molecular flexibility index (Phi) is 3.99. The topological polar surface area (TPSA) is 26.3 Å². The molecule has 1 rings (SSSR count). The maximum absolute atomic E-state index is 10.6. The molecular formula is C12H14O2. The number of aldehydes is 1. The van der Waals surface area contributed by atoms with E-state index in [0.717, 1.165) is 5.56 Å². The summed E-state index contributed by atoms with van der Waals surface area (Å²) < 4.78 is 12.1. The van der Waals surface area contributed by atoms with Gasteiger partial charge < -0.3 is 4.74 Å². The lowest BCUT2D eigenvalue weighted by atomic mass is 10.2. The monoisotopic (exact) mass is 191 g/mol. The third-order valence-corrected chi connectivity index (χ3v) is 1.78. The van der Waals surface area contributed by atoms with E-state index in [9.17, 15) is 4.79 Å². The Balaban J connectivity index is 2.29. The third kappa shape index (κ3) is 4.01. The van der Waals surface area contributed by atoms with Gasteiger partial charge in [0.05, 0.1) is 13.2 Å². The van der Waals surface area contributed by atoms with Crippen molar-refractivity contribution in [2.75, 3.05) is 6.61 Å². The highest BCUT2D eigenvalue weighted by Gasteiger charge is 1.90. The second-order valence-corrected chi connectivity index (χ2v) is 2.99. The fourth-order valence-corrected chi connectivity index (χ4v) is 0.977. The predicted molar refractivity (Wildman–Crippen MR) is 55.9 cm³/mol. The fourth-order valence-electron chi connectivity index (χ4n) is 0.977. The minimum Gasteiger partial charge on any atom is -0.373 e. The second-order valence-electron chi connectivity index (χ2n) is 2.99. The van der Waals surface area contributed by atoms with Gasteiger partial charge in [0.2, 0.25) is 0 Å². The van der Waals surface area contributed by atoms with Gasteiger partial charge in [0.1, 0.15) is 7.63 Å². The van der Waals surface area contributed by atoms with Gasteiger partial charge in [0.25, 0.3) is 0 Å². The van der Waals surface area contributed by atoms with Gasteiger partial charge in [-0.05, 0) is 18.1 Å². The highest BCUT2D eigenvalue weighted by atomic mass is 16.5. The molecule has 74 valence electrons. The summed E-state index contributed by atoms with van der Waals surface area (Å²) in [6, 6.07) is 9.81. The van der Waals surface area contributed by atoms with Crippen molar-refractivity contribution >= 4 is 6.26 Å². The highest BCUT2D eigenvalue weighted by Crippen LogP contribution is 2.00. The lowest BCUT2D eigenvalue weighted by Gasteiger charge is -2.00. The highest BCUT2D eigenvalue weighted by molar-refractivity contribution is 5.71. The van der Waals surface area contributed by atoms with Crippen LogP contribution in [0, 0.1) is 0 Å². The van der Waals surface area contributed by atoms with Crippen molar-refractivity contribution < 1.29 is 10.9 Å². The van der Waals surface area contributed by atoms with E-state index in [-0.39, 0.29) is 0 Å². The third-order valence-electron chi connectivity index (χ3n) is 1.78. The van der Waals surface area contributed by atoms with Crippen molar-refractivity contribution in [3.05, 3.63) is 47.5 Å². The summed E-state index contributed by atoms with van der Waals surface area (Å²) in [6.07, 6.45) is 0.969. The van der Waals surface area contributed by atoms with E-state index >= 15 is 0 Å². The number of allylic oxidation sites excluding steroid dienone is 1. The Hall–Kier alpha value is -1.41. The first-order valence-electron chi connectivity index (χ1n) is 4.99. The van der Waals surface area contributed by atoms with E-state index in [1.165, 1.54) is 0 Å². The smallest absolute Gasteiger partial charge is 0.145 e. The molecule has 0 amide bonds. The zero-order chi connectivity index (χ0) is 11.1. The molecule has 0 atom stereocenters. The molecule has 14 heavy (non-hydrogen) atoms. The number of carbonyl (C=O) groups excluding carboxylic acids is 1. The van der Waals surface area contributed by atoms with Gasteiger partial charge in [-0.15, -0.1) is 0 Å². The van der Waals surface area contributed by atoms with Gasteiger partial charge >= 0.3 is 0 Å². The fraction of sp³-hybridized carbons (Fsp3) is 0.250. The molecule has 0 N–H and O–H groups in total. The Morgan fingerprint density at radius 1 is 1.50 bits per heavy atom. The van der Waals surface area contributed by atoms with Crippen LogP contribution in [0.25, 0.3) is 0 Å². The Bertz CT molecular complexity index is 344.